The molecule has 1 aromatic heterocycles. The maximum atomic E-state index is 3.91. The highest BCUT2D eigenvalue weighted by Crippen LogP contribution is 2.08. The Morgan fingerprint density at radius 2 is 2.13 bits per heavy atom. The molecule has 15 heavy (non-hydrogen) atoms. The molecule has 0 saturated carbocycles. The SMILES string of the molecule is CN1CCC(NCc2cnnn2C)CC1. The van der Waals surface area contributed by atoms with Crippen LogP contribution >= 0.6 is 0 Å². The van der Waals surface area contributed by atoms with E-state index in [2.05, 4.69) is 27.6 Å². The molecule has 0 unspecified atom stereocenters. The molecule has 84 valence electrons. The first-order valence-corrected chi connectivity index (χ1v) is 5.51. The Balaban J connectivity index is 1.77. The monoisotopic (exact) mass is 209 g/mol. The molecular formula is C10H19N5. The van der Waals surface area contributed by atoms with E-state index in [9.17, 15) is 0 Å². The van der Waals surface area contributed by atoms with Crippen molar-refractivity contribution in [2.24, 2.45) is 7.05 Å². The van der Waals surface area contributed by atoms with Crippen molar-refractivity contribution >= 4 is 0 Å². The molecular weight excluding hydrogens is 190 g/mol. The van der Waals surface area contributed by atoms with Gasteiger partial charge in [-0.3, -0.25) is 4.68 Å². The van der Waals surface area contributed by atoms with Gasteiger partial charge in [0.05, 0.1) is 11.9 Å². The molecule has 0 amide bonds. The normalized spacial score (nSPS) is 19.6. The van der Waals surface area contributed by atoms with Gasteiger partial charge in [0.15, 0.2) is 0 Å². The van der Waals surface area contributed by atoms with Crippen LogP contribution in [0.3, 0.4) is 0 Å². The summed E-state index contributed by atoms with van der Waals surface area (Å²) in [7, 11) is 4.11. The van der Waals surface area contributed by atoms with Crippen molar-refractivity contribution in [1.29, 1.82) is 0 Å². The van der Waals surface area contributed by atoms with E-state index in [0.717, 1.165) is 12.2 Å². The molecule has 5 nitrogen and oxygen atoms in total. The minimum absolute atomic E-state index is 0.649. The summed E-state index contributed by atoms with van der Waals surface area (Å²) in [6.07, 6.45) is 4.30. The molecule has 0 spiro atoms. The summed E-state index contributed by atoms with van der Waals surface area (Å²) in [6, 6.07) is 0.649. The first-order valence-electron chi connectivity index (χ1n) is 5.51. The lowest BCUT2D eigenvalue weighted by Gasteiger charge is -2.29. The van der Waals surface area contributed by atoms with Crippen molar-refractivity contribution in [3.63, 3.8) is 0 Å². The van der Waals surface area contributed by atoms with Gasteiger partial charge in [0.2, 0.25) is 0 Å². The van der Waals surface area contributed by atoms with Crippen molar-refractivity contribution in [3.05, 3.63) is 11.9 Å². The van der Waals surface area contributed by atoms with Crippen LogP contribution in [0.4, 0.5) is 0 Å². The number of hydrogen-bond acceptors (Lipinski definition) is 4. The second kappa shape index (κ2) is 4.72. The largest absolute Gasteiger partial charge is 0.308 e. The lowest BCUT2D eigenvalue weighted by Crippen LogP contribution is -2.40. The Labute approximate surface area is 90.5 Å². The number of nitrogens with zero attached hydrogens (tertiary/aromatic N) is 4. The van der Waals surface area contributed by atoms with Crippen molar-refractivity contribution in [1.82, 2.24) is 25.2 Å². The molecule has 5 heteroatoms. The third-order valence-corrected chi connectivity index (χ3v) is 3.10. The summed E-state index contributed by atoms with van der Waals surface area (Å²) in [6.45, 7) is 3.26. The molecule has 0 radical (unpaired) electrons. The number of aryl methyl sites for hydroxylation is 1. The molecule has 0 aromatic carbocycles. The second-order valence-corrected chi connectivity index (χ2v) is 4.31. The van der Waals surface area contributed by atoms with Crippen LogP contribution in [-0.2, 0) is 13.6 Å². The molecule has 1 aromatic rings. The molecule has 0 bridgehead atoms. The van der Waals surface area contributed by atoms with E-state index >= 15 is 0 Å². The molecule has 0 atom stereocenters. The number of rotatable bonds is 3. The van der Waals surface area contributed by atoms with Crippen molar-refractivity contribution in [2.45, 2.75) is 25.4 Å². The molecule has 1 saturated heterocycles. The fourth-order valence-corrected chi connectivity index (χ4v) is 1.93. The topological polar surface area (TPSA) is 46.0 Å². The number of aromatic nitrogens is 3. The summed E-state index contributed by atoms with van der Waals surface area (Å²) in [5.41, 5.74) is 1.15. The van der Waals surface area contributed by atoms with Crippen molar-refractivity contribution < 1.29 is 0 Å². The highest BCUT2D eigenvalue weighted by Gasteiger charge is 2.16. The smallest absolute Gasteiger partial charge is 0.0738 e. The Hall–Kier alpha value is -0.940. The number of nitrogens with one attached hydrogen (secondary N) is 1. The van der Waals surface area contributed by atoms with Gasteiger partial charge in [-0.1, -0.05) is 5.21 Å². The van der Waals surface area contributed by atoms with E-state index < -0.39 is 0 Å². The fourth-order valence-electron chi connectivity index (χ4n) is 1.93. The average Bonchev–Trinajstić information content (AvgIpc) is 2.63. The van der Waals surface area contributed by atoms with Gasteiger partial charge < -0.3 is 10.2 Å². The number of hydrogen-bond donors (Lipinski definition) is 1. The first-order chi connectivity index (χ1) is 7.25. The van der Waals surface area contributed by atoms with Crippen molar-refractivity contribution in [3.8, 4) is 0 Å². The van der Waals surface area contributed by atoms with Crippen LogP contribution in [-0.4, -0.2) is 46.1 Å². The maximum Gasteiger partial charge on any atom is 0.0738 e. The molecule has 1 aliphatic rings. The molecule has 0 aliphatic carbocycles. The van der Waals surface area contributed by atoms with Gasteiger partial charge in [-0.25, -0.2) is 0 Å². The van der Waals surface area contributed by atoms with E-state index in [1.807, 2.05) is 17.9 Å². The predicted molar refractivity (Wildman–Crippen MR) is 58.4 cm³/mol. The zero-order chi connectivity index (χ0) is 10.7. The summed E-state index contributed by atoms with van der Waals surface area (Å²) < 4.78 is 1.82. The number of piperidine rings is 1. The van der Waals surface area contributed by atoms with E-state index in [1.165, 1.54) is 25.9 Å². The minimum Gasteiger partial charge on any atom is -0.308 e. The Morgan fingerprint density at radius 1 is 1.40 bits per heavy atom. The predicted octanol–water partition coefficient (Wildman–Crippen LogP) is -0.00110. The van der Waals surface area contributed by atoms with Crippen molar-refractivity contribution in [2.75, 3.05) is 20.1 Å². The molecule has 2 rings (SSSR count). The fraction of sp³-hybridized carbons (Fsp3) is 0.800. The van der Waals surface area contributed by atoms with E-state index in [4.69, 9.17) is 0 Å². The van der Waals surface area contributed by atoms with E-state index in [-0.39, 0.29) is 0 Å². The van der Waals surface area contributed by atoms with Crippen LogP contribution in [0.2, 0.25) is 0 Å². The standard InChI is InChI=1S/C10H19N5/c1-14-5-3-9(4-6-14)11-7-10-8-12-13-15(10)2/h8-9,11H,3-7H2,1-2H3. The summed E-state index contributed by atoms with van der Waals surface area (Å²) in [4.78, 5) is 2.38. The maximum absolute atomic E-state index is 3.91. The average molecular weight is 209 g/mol. The minimum atomic E-state index is 0.649. The van der Waals surface area contributed by atoms with E-state index in [1.54, 1.807) is 0 Å². The summed E-state index contributed by atoms with van der Waals surface area (Å²) in [5, 5.41) is 11.3. The highest BCUT2D eigenvalue weighted by molar-refractivity contribution is 4.93. The van der Waals surface area contributed by atoms with Gasteiger partial charge in [0.25, 0.3) is 0 Å². The zero-order valence-electron chi connectivity index (χ0n) is 9.48. The Morgan fingerprint density at radius 3 is 2.73 bits per heavy atom. The van der Waals surface area contributed by atoms with Gasteiger partial charge >= 0.3 is 0 Å². The second-order valence-electron chi connectivity index (χ2n) is 4.31. The molecule has 1 N–H and O–H groups in total. The zero-order valence-corrected chi connectivity index (χ0v) is 9.48. The highest BCUT2D eigenvalue weighted by atomic mass is 15.4. The van der Waals surface area contributed by atoms with Crippen LogP contribution in [0.15, 0.2) is 6.20 Å². The summed E-state index contributed by atoms with van der Waals surface area (Å²) >= 11 is 0. The van der Waals surface area contributed by atoms with Crippen LogP contribution in [0, 0.1) is 0 Å². The Kier molecular flexibility index (Phi) is 3.33. The van der Waals surface area contributed by atoms with Crippen LogP contribution < -0.4 is 5.32 Å². The van der Waals surface area contributed by atoms with Gasteiger partial charge in [-0.15, -0.1) is 5.10 Å². The number of likely N-dealkylation sites (tertiary alicyclic amines) is 1. The van der Waals surface area contributed by atoms with Gasteiger partial charge in [0.1, 0.15) is 0 Å². The van der Waals surface area contributed by atoms with Crippen LogP contribution in [0.25, 0.3) is 0 Å². The lowest BCUT2D eigenvalue weighted by molar-refractivity contribution is 0.233. The first kappa shape index (κ1) is 10.6. The quantitative estimate of drug-likeness (QED) is 0.761. The van der Waals surface area contributed by atoms with Gasteiger partial charge in [-0.2, -0.15) is 0 Å². The molecule has 1 aliphatic heterocycles. The molecule has 1 fully saturated rings. The third kappa shape index (κ3) is 2.76. The molecule has 2 heterocycles. The van der Waals surface area contributed by atoms with Crippen LogP contribution in [0.5, 0.6) is 0 Å². The van der Waals surface area contributed by atoms with Gasteiger partial charge in [-0.05, 0) is 33.0 Å². The summed E-state index contributed by atoms with van der Waals surface area (Å²) in [5.74, 6) is 0. The van der Waals surface area contributed by atoms with Crippen LogP contribution in [0.1, 0.15) is 18.5 Å². The Bertz CT molecular complexity index is 301. The third-order valence-electron chi connectivity index (χ3n) is 3.10. The lowest BCUT2D eigenvalue weighted by atomic mass is 10.1. The van der Waals surface area contributed by atoms with E-state index in [0.29, 0.717) is 6.04 Å². The van der Waals surface area contributed by atoms with Gasteiger partial charge in [0, 0.05) is 19.6 Å².